The van der Waals surface area contributed by atoms with Crippen LogP contribution in [0.1, 0.15) is 25.2 Å². The van der Waals surface area contributed by atoms with Gasteiger partial charge in [-0.2, -0.15) is 0 Å². The van der Waals surface area contributed by atoms with Crippen molar-refractivity contribution in [3.05, 3.63) is 29.6 Å². The molecule has 0 saturated carbocycles. The average Bonchev–Trinajstić information content (AvgIpc) is 2.37. The standard InChI is InChI=1S/C14H25N3O/c1-4-17(11-14(9-15)18-5-2)10-13-8-6-7-12(3)16-13/h6-8,14H,4-5,9-11,15H2,1-3H3. The summed E-state index contributed by atoms with van der Waals surface area (Å²) in [6.07, 6.45) is 0.111. The molecule has 0 aliphatic heterocycles. The molecule has 1 aromatic heterocycles. The van der Waals surface area contributed by atoms with Crippen LogP contribution in [0.25, 0.3) is 0 Å². The van der Waals surface area contributed by atoms with E-state index in [-0.39, 0.29) is 6.10 Å². The van der Waals surface area contributed by atoms with Crippen molar-refractivity contribution in [2.24, 2.45) is 5.73 Å². The van der Waals surface area contributed by atoms with Gasteiger partial charge in [0.15, 0.2) is 0 Å². The van der Waals surface area contributed by atoms with Crippen molar-refractivity contribution in [2.45, 2.75) is 33.4 Å². The van der Waals surface area contributed by atoms with E-state index < -0.39 is 0 Å². The van der Waals surface area contributed by atoms with Crippen LogP contribution in [0.2, 0.25) is 0 Å². The van der Waals surface area contributed by atoms with Crippen LogP contribution in [0, 0.1) is 6.92 Å². The lowest BCUT2D eigenvalue weighted by Gasteiger charge is -2.25. The Labute approximate surface area is 110 Å². The Kier molecular flexibility index (Phi) is 6.86. The van der Waals surface area contributed by atoms with Crippen LogP contribution in [0.3, 0.4) is 0 Å². The van der Waals surface area contributed by atoms with Crippen molar-refractivity contribution < 1.29 is 4.74 Å². The van der Waals surface area contributed by atoms with Gasteiger partial charge in [0.05, 0.1) is 11.8 Å². The van der Waals surface area contributed by atoms with Crippen LogP contribution >= 0.6 is 0 Å². The number of pyridine rings is 1. The van der Waals surface area contributed by atoms with Crippen LogP contribution < -0.4 is 5.73 Å². The molecule has 0 saturated heterocycles. The second-order valence-corrected chi connectivity index (χ2v) is 4.41. The van der Waals surface area contributed by atoms with Gasteiger partial charge >= 0.3 is 0 Å². The summed E-state index contributed by atoms with van der Waals surface area (Å²) in [6.45, 7) is 10.1. The van der Waals surface area contributed by atoms with Crippen molar-refractivity contribution in [2.75, 3.05) is 26.2 Å². The van der Waals surface area contributed by atoms with Crippen molar-refractivity contribution in [1.82, 2.24) is 9.88 Å². The Bertz CT molecular complexity index is 344. The van der Waals surface area contributed by atoms with Crippen LogP contribution in [-0.2, 0) is 11.3 Å². The fraction of sp³-hybridized carbons (Fsp3) is 0.643. The number of nitrogens with two attached hydrogens (primary N) is 1. The normalized spacial score (nSPS) is 12.9. The summed E-state index contributed by atoms with van der Waals surface area (Å²) in [5, 5.41) is 0. The largest absolute Gasteiger partial charge is 0.376 e. The Morgan fingerprint density at radius 1 is 1.39 bits per heavy atom. The first-order chi connectivity index (χ1) is 8.69. The topological polar surface area (TPSA) is 51.4 Å². The van der Waals surface area contributed by atoms with Crippen molar-refractivity contribution >= 4 is 0 Å². The first-order valence-corrected chi connectivity index (χ1v) is 6.66. The zero-order chi connectivity index (χ0) is 13.4. The molecular formula is C14H25N3O. The third-order valence-electron chi connectivity index (χ3n) is 2.91. The number of ether oxygens (including phenoxy) is 1. The first-order valence-electron chi connectivity index (χ1n) is 6.66. The second kappa shape index (κ2) is 8.19. The summed E-state index contributed by atoms with van der Waals surface area (Å²) in [5.41, 5.74) is 7.87. The number of aryl methyl sites for hydroxylation is 1. The molecule has 4 heteroatoms. The van der Waals surface area contributed by atoms with Crippen molar-refractivity contribution in [3.63, 3.8) is 0 Å². The summed E-state index contributed by atoms with van der Waals surface area (Å²) < 4.78 is 5.60. The molecule has 1 aromatic rings. The molecule has 4 nitrogen and oxygen atoms in total. The van der Waals surface area contributed by atoms with Gasteiger partial charge in [-0.25, -0.2) is 0 Å². The number of nitrogens with zero attached hydrogens (tertiary/aromatic N) is 2. The van der Waals surface area contributed by atoms with Gasteiger partial charge in [-0.3, -0.25) is 9.88 Å². The van der Waals surface area contributed by atoms with Gasteiger partial charge in [0.25, 0.3) is 0 Å². The molecule has 1 atom stereocenters. The van der Waals surface area contributed by atoms with Gasteiger partial charge in [-0.1, -0.05) is 13.0 Å². The lowest BCUT2D eigenvalue weighted by atomic mass is 10.2. The van der Waals surface area contributed by atoms with Crippen molar-refractivity contribution in [3.8, 4) is 0 Å². The van der Waals surface area contributed by atoms with E-state index in [0.29, 0.717) is 13.2 Å². The van der Waals surface area contributed by atoms with E-state index in [0.717, 1.165) is 31.0 Å². The lowest BCUT2D eigenvalue weighted by molar-refractivity contribution is 0.0382. The average molecular weight is 251 g/mol. The highest BCUT2D eigenvalue weighted by molar-refractivity contribution is 5.09. The maximum Gasteiger partial charge on any atom is 0.0823 e. The van der Waals surface area contributed by atoms with Crippen LogP contribution in [0.4, 0.5) is 0 Å². The molecule has 1 rings (SSSR count). The summed E-state index contributed by atoms with van der Waals surface area (Å²) >= 11 is 0. The number of aromatic nitrogens is 1. The van der Waals surface area contributed by atoms with Gasteiger partial charge in [-0.05, 0) is 32.5 Å². The van der Waals surface area contributed by atoms with E-state index in [9.17, 15) is 0 Å². The summed E-state index contributed by atoms with van der Waals surface area (Å²) in [4.78, 5) is 6.84. The van der Waals surface area contributed by atoms with E-state index in [1.165, 1.54) is 0 Å². The molecule has 1 heterocycles. The summed E-state index contributed by atoms with van der Waals surface area (Å²) in [7, 11) is 0. The Morgan fingerprint density at radius 3 is 2.72 bits per heavy atom. The number of rotatable bonds is 8. The van der Waals surface area contributed by atoms with E-state index in [2.05, 4.69) is 28.9 Å². The van der Waals surface area contributed by atoms with Crippen molar-refractivity contribution in [1.29, 1.82) is 0 Å². The number of likely N-dealkylation sites (N-methyl/N-ethyl adjacent to an activating group) is 1. The SMILES string of the molecule is CCOC(CN)CN(CC)Cc1cccc(C)n1. The molecule has 0 fully saturated rings. The molecular weight excluding hydrogens is 226 g/mol. The smallest absolute Gasteiger partial charge is 0.0823 e. The van der Waals surface area contributed by atoms with E-state index in [1.807, 2.05) is 19.9 Å². The molecule has 0 aliphatic rings. The Balaban J connectivity index is 2.55. The Hall–Kier alpha value is -0.970. The maximum absolute atomic E-state index is 5.71. The quantitative estimate of drug-likeness (QED) is 0.762. The predicted molar refractivity (Wildman–Crippen MR) is 74.4 cm³/mol. The highest BCUT2D eigenvalue weighted by Crippen LogP contribution is 2.05. The molecule has 18 heavy (non-hydrogen) atoms. The predicted octanol–water partition coefficient (Wildman–Crippen LogP) is 1.58. The van der Waals surface area contributed by atoms with Crippen LogP contribution in [0.5, 0.6) is 0 Å². The molecule has 0 aromatic carbocycles. The molecule has 0 radical (unpaired) electrons. The maximum atomic E-state index is 5.71. The zero-order valence-corrected chi connectivity index (χ0v) is 11.7. The molecule has 2 N–H and O–H groups in total. The minimum Gasteiger partial charge on any atom is -0.376 e. The van der Waals surface area contributed by atoms with Crippen LogP contribution in [-0.4, -0.2) is 42.2 Å². The van der Waals surface area contributed by atoms with E-state index in [1.54, 1.807) is 0 Å². The minimum absolute atomic E-state index is 0.111. The van der Waals surface area contributed by atoms with Crippen LogP contribution in [0.15, 0.2) is 18.2 Å². The van der Waals surface area contributed by atoms with Gasteiger partial charge in [0, 0.05) is 31.9 Å². The van der Waals surface area contributed by atoms with Gasteiger partial charge in [-0.15, -0.1) is 0 Å². The molecule has 102 valence electrons. The highest BCUT2D eigenvalue weighted by atomic mass is 16.5. The van der Waals surface area contributed by atoms with E-state index in [4.69, 9.17) is 10.5 Å². The fourth-order valence-corrected chi connectivity index (χ4v) is 1.94. The molecule has 1 unspecified atom stereocenters. The van der Waals surface area contributed by atoms with Gasteiger partial charge < -0.3 is 10.5 Å². The minimum atomic E-state index is 0.111. The third-order valence-corrected chi connectivity index (χ3v) is 2.91. The van der Waals surface area contributed by atoms with E-state index >= 15 is 0 Å². The van der Waals surface area contributed by atoms with Gasteiger partial charge in [0.1, 0.15) is 0 Å². The highest BCUT2D eigenvalue weighted by Gasteiger charge is 2.12. The lowest BCUT2D eigenvalue weighted by Crippen LogP contribution is -2.38. The monoisotopic (exact) mass is 251 g/mol. The molecule has 0 bridgehead atoms. The first kappa shape index (κ1) is 15.1. The molecule has 0 amide bonds. The number of hydrogen-bond donors (Lipinski definition) is 1. The molecule has 0 spiro atoms. The molecule has 0 aliphatic carbocycles. The fourth-order valence-electron chi connectivity index (χ4n) is 1.94. The van der Waals surface area contributed by atoms with Gasteiger partial charge in [0.2, 0.25) is 0 Å². The number of hydrogen-bond acceptors (Lipinski definition) is 4. The summed E-state index contributed by atoms with van der Waals surface area (Å²) in [5.74, 6) is 0. The third kappa shape index (κ3) is 5.12. The zero-order valence-electron chi connectivity index (χ0n) is 11.7. The summed E-state index contributed by atoms with van der Waals surface area (Å²) in [6, 6.07) is 6.13. The second-order valence-electron chi connectivity index (χ2n) is 4.41. The Morgan fingerprint density at radius 2 is 2.17 bits per heavy atom.